The van der Waals surface area contributed by atoms with Gasteiger partial charge in [-0.3, -0.25) is 0 Å². The van der Waals surface area contributed by atoms with E-state index in [1.807, 2.05) is 12.1 Å². The molecule has 0 unspecified atom stereocenters. The van der Waals surface area contributed by atoms with E-state index in [2.05, 4.69) is 12.1 Å². The third-order valence-corrected chi connectivity index (χ3v) is 1.63. The highest BCUT2D eigenvalue weighted by molar-refractivity contribution is 5.85. The summed E-state index contributed by atoms with van der Waals surface area (Å²) in [6.07, 6.45) is 0. The summed E-state index contributed by atoms with van der Waals surface area (Å²) in [4.78, 5) is 0. The van der Waals surface area contributed by atoms with Crippen LogP contribution in [0.25, 0.3) is 0 Å². The van der Waals surface area contributed by atoms with Crippen molar-refractivity contribution in [2.75, 3.05) is 0 Å². The Bertz CT molecular complexity index is 199. The topological polar surface area (TPSA) is 9.23 Å². The largest absolute Gasteiger partial charge is 0.372 e. The van der Waals surface area contributed by atoms with Gasteiger partial charge in [-0.05, 0) is 11.1 Å². The van der Waals surface area contributed by atoms with Crippen LogP contribution in [-0.2, 0) is 18.0 Å². The van der Waals surface area contributed by atoms with Gasteiger partial charge < -0.3 is 4.74 Å². The molecule has 0 N–H and O–H groups in total. The number of hydrogen-bond donors (Lipinski definition) is 0. The van der Waals surface area contributed by atoms with Crippen molar-refractivity contribution in [2.45, 2.75) is 13.2 Å². The minimum Gasteiger partial charge on any atom is -0.372 e. The summed E-state index contributed by atoms with van der Waals surface area (Å²) in [6, 6.07) is 8.33. The Morgan fingerprint density at radius 2 is 1.50 bits per heavy atom. The van der Waals surface area contributed by atoms with Gasteiger partial charge in [0.1, 0.15) is 0 Å². The number of hydrogen-bond acceptors (Lipinski definition) is 1. The minimum atomic E-state index is 0. The quantitative estimate of drug-likeness (QED) is 0.559. The maximum Gasteiger partial charge on any atom is 0.0724 e. The van der Waals surface area contributed by atoms with E-state index in [0.29, 0.717) is 0 Å². The van der Waals surface area contributed by atoms with Crippen LogP contribution in [0, 0.1) is 0 Å². The summed E-state index contributed by atoms with van der Waals surface area (Å²) in [6.45, 7) is 1.60. The second-order valence-corrected chi connectivity index (χ2v) is 2.26. The van der Waals surface area contributed by atoms with Crippen LogP contribution in [0.3, 0.4) is 0 Å². The average Bonchev–Trinajstić information content (AvgIpc) is 2.33. The van der Waals surface area contributed by atoms with Gasteiger partial charge in [-0.2, -0.15) is 0 Å². The standard InChI is InChI=1S/C8H8O.ClH/c1-2-4-8-6-9-5-7(8)3-1;/h1-4H,5-6H2;1H. The van der Waals surface area contributed by atoms with E-state index in [-0.39, 0.29) is 12.4 Å². The highest BCUT2D eigenvalue weighted by Crippen LogP contribution is 2.17. The first-order valence-electron chi connectivity index (χ1n) is 3.11. The molecule has 2 rings (SSSR count). The molecule has 1 aromatic carbocycles. The minimum absolute atomic E-state index is 0. The van der Waals surface area contributed by atoms with Crippen molar-refractivity contribution in [1.82, 2.24) is 0 Å². The lowest BCUT2D eigenvalue weighted by molar-refractivity contribution is 0.134. The summed E-state index contributed by atoms with van der Waals surface area (Å²) < 4.78 is 5.21. The van der Waals surface area contributed by atoms with E-state index < -0.39 is 0 Å². The molecule has 54 valence electrons. The first-order chi connectivity index (χ1) is 4.47. The summed E-state index contributed by atoms with van der Waals surface area (Å²) in [7, 11) is 0. The van der Waals surface area contributed by atoms with E-state index in [0.717, 1.165) is 13.2 Å². The first kappa shape index (κ1) is 7.58. The van der Waals surface area contributed by atoms with Gasteiger partial charge in [0.15, 0.2) is 0 Å². The van der Waals surface area contributed by atoms with Gasteiger partial charge in [0.2, 0.25) is 0 Å². The predicted molar refractivity (Wildman–Crippen MR) is 42.2 cm³/mol. The molecule has 0 aromatic heterocycles. The maximum absolute atomic E-state index is 5.21. The molecule has 0 saturated carbocycles. The average molecular weight is 157 g/mol. The van der Waals surface area contributed by atoms with Gasteiger partial charge >= 0.3 is 0 Å². The van der Waals surface area contributed by atoms with Crippen LogP contribution in [0.15, 0.2) is 24.3 Å². The van der Waals surface area contributed by atoms with Crippen molar-refractivity contribution < 1.29 is 4.74 Å². The van der Waals surface area contributed by atoms with Crippen LogP contribution in [0.5, 0.6) is 0 Å². The smallest absolute Gasteiger partial charge is 0.0724 e. The molecule has 1 nitrogen and oxygen atoms in total. The second kappa shape index (κ2) is 3.04. The number of benzene rings is 1. The van der Waals surface area contributed by atoms with Crippen LogP contribution in [0.2, 0.25) is 0 Å². The Kier molecular flexibility index (Phi) is 2.30. The molecule has 1 aromatic rings. The number of ether oxygens (including phenoxy) is 1. The summed E-state index contributed by atoms with van der Waals surface area (Å²) in [5.74, 6) is 0. The molecule has 0 fully saturated rings. The molecule has 0 amide bonds. The Morgan fingerprint density at radius 1 is 1.00 bits per heavy atom. The fourth-order valence-electron chi connectivity index (χ4n) is 1.11. The van der Waals surface area contributed by atoms with Gasteiger partial charge in [-0.25, -0.2) is 0 Å². The van der Waals surface area contributed by atoms with Crippen LogP contribution >= 0.6 is 12.4 Å². The molecular formula is C8H9ClO. The maximum atomic E-state index is 5.21. The Labute approximate surface area is 66.4 Å². The van der Waals surface area contributed by atoms with Gasteiger partial charge in [0.25, 0.3) is 0 Å². The van der Waals surface area contributed by atoms with E-state index in [1.54, 1.807) is 0 Å². The van der Waals surface area contributed by atoms with Crippen LogP contribution < -0.4 is 0 Å². The SMILES string of the molecule is Cl.c1ccc2c(c1)COC2. The Hall–Kier alpha value is -0.530. The lowest BCUT2D eigenvalue weighted by atomic mass is 10.1. The fourth-order valence-corrected chi connectivity index (χ4v) is 1.11. The highest BCUT2D eigenvalue weighted by atomic mass is 35.5. The second-order valence-electron chi connectivity index (χ2n) is 2.26. The van der Waals surface area contributed by atoms with Crippen LogP contribution in [0.4, 0.5) is 0 Å². The van der Waals surface area contributed by atoms with Crippen LogP contribution in [0.1, 0.15) is 11.1 Å². The molecule has 10 heavy (non-hydrogen) atoms. The molecule has 0 saturated heterocycles. The van der Waals surface area contributed by atoms with Crippen molar-refractivity contribution in [3.8, 4) is 0 Å². The lowest BCUT2D eigenvalue weighted by Crippen LogP contribution is -1.77. The van der Waals surface area contributed by atoms with Crippen molar-refractivity contribution in [3.63, 3.8) is 0 Å². The van der Waals surface area contributed by atoms with E-state index in [9.17, 15) is 0 Å². The summed E-state index contributed by atoms with van der Waals surface area (Å²) >= 11 is 0. The van der Waals surface area contributed by atoms with E-state index >= 15 is 0 Å². The van der Waals surface area contributed by atoms with Crippen molar-refractivity contribution in [3.05, 3.63) is 35.4 Å². The van der Waals surface area contributed by atoms with Crippen molar-refractivity contribution >= 4 is 12.4 Å². The van der Waals surface area contributed by atoms with Crippen molar-refractivity contribution in [1.29, 1.82) is 0 Å². The molecule has 1 aliphatic heterocycles. The monoisotopic (exact) mass is 156 g/mol. The van der Waals surface area contributed by atoms with E-state index in [4.69, 9.17) is 4.74 Å². The zero-order valence-corrected chi connectivity index (χ0v) is 6.36. The van der Waals surface area contributed by atoms with Gasteiger partial charge in [-0.15, -0.1) is 12.4 Å². The number of halogens is 1. The summed E-state index contributed by atoms with van der Waals surface area (Å²) in [5, 5.41) is 0. The molecular weight excluding hydrogens is 148 g/mol. The fraction of sp³-hybridized carbons (Fsp3) is 0.250. The Balaban J connectivity index is 0.000000500. The molecule has 2 heteroatoms. The molecule has 1 heterocycles. The summed E-state index contributed by atoms with van der Waals surface area (Å²) in [5.41, 5.74) is 2.69. The molecule has 1 aliphatic rings. The number of rotatable bonds is 0. The normalized spacial score (nSPS) is 14.0. The van der Waals surface area contributed by atoms with Gasteiger partial charge in [-0.1, -0.05) is 24.3 Å². The molecule has 0 spiro atoms. The lowest BCUT2D eigenvalue weighted by Gasteiger charge is -1.90. The van der Waals surface area contributed by atoms with E-state index in [1.165, 1.54) is 11.1 Å². The predicted octanol–water partition coefficient (Wildman–Crippen LogP) is 2.14. The molecule has 0 aliphatic carbocycles. The third-order valence-electron chi connectivity index (χ3n) is 1.63. The van der Waals surface area contributed by atoms with Gasteiger partial charge in [0.05, 0.1) is 13.2 Å². The number of fused-ring (bicyclic) bond motifs is 1. The Morgan fingerprint density at radius 3 is 2.00 bits per heavy atom. The van der Waals surface area contributed by atoms with Gasteiger partial charge in [0, 0.05) is 0 Å². The zero-order valence-electron chi connectivity index (χ0n) is 5.54. The first-order valence-corrected chi connectivity index (χ1v) is 3.11. The molecule has 0 radical (unpaired) electrons. The third kappa shape index (κ3) is 1.15. The van der Waals surface area contributed by atoms with Crippen LogP contribution in [-0.4, -0.2) is 0 Å². The molecule has 0 atom stereocenters. The zero-order chi connectivity index (χ0) is 6.10. The molecule has 0 bridgehead atoms. The van der Waals surface area contributed by atoms with Crippen molar-refractivity contribution in [2.24, 2.45) is 0 Å². The highest BCUT2D eigenvalue weighted by Gasteiger charge is 2.07.